The molecule has 5 rings (SSSR count). The summed E-state index contributed by atoms with van der Waals surface area (Å²) in [6.45, 7) is 7.49. The van der Waals surface area contributed by atoms with Crippen LogP contribution in [0.2, 0.25) is 0 Å². The molecule has 0 aliphatic carbocycles. The summed E-state index contributed by atoms with van der Waals surface area (Å²) >= 11 is 0. The van der Waals surface area contributed by atoms with Gasteiger partial charge in [0.15, 0.2) is 0 Å². The molecular weight excluding hydrogens is 438 g/mol. The van der Waals surface area contributed by atoms with Gasteiger partial charge < -0.3 is 19.4 Å². The molecule has 1 amide bonds. The Morgan fingerprint density at radius 2 is 1.86 bits per heavy atom. The third-order valence-electron chi connectivity index (χ3n) is 6.42. The number of imidazole rings is 1. The van der Waals surface area contributed by atoms with E-state index >= 15 is 0 Å². The van der Waals surface area contributed by atoms with E-state index in [2.05, 4.69) is 39.3 Å². The molecule has 0 unspecified atom stereocenters. The number of carbonyl (C=O) groups is 1. The summed E-state index contributed by atoms with van der Waals surface area (Å²) in [5.74, 6) is 0.343. The number of carbonyl (C=O) groups excluding carboxylic acids is 1. The topological polar surface area (TPSA) is 62.1 Å². The highest BCUT2D eigenvalue weighted by Gasteiger charge is 2.16. The lowest BCUT2D eigenvalue weighted by atomic mass is 10.1. The molecule has 2 aromatic heterocycles. The number of hydrogen-bond acceptors (Lipinski definition) is 5. The lowest BCUT2D eigenvalue weighted by Crippen LogP contribution is -2.43. The zero-order chi connectivity index (χ0) is 24.2. The van der Waals surface area contributed by atoms with Crippen LogP contribution in [0.15, 0.2) is 73.1 Å². The van der Waals surface area contributed by atoms with Crippen LogP contribution in [0.3, 0.4) is 0 Å². The minimum absolute atomic E-state index is 0.191. The van der Waals surface area contributed by atoms with Crippen molar-refractivity contribution in [3.8, 4) is 5.75 Å². The van der Waals surface area contributed by atoms with E-state index in [0.29, 0.717) is 11.3 Å². The molecule has 1 saturated heterocycles. The standard InChI is InChI=1S/C28H31N5O2/c1-21-7-6-12-33-19-24(29-27(21)33)20-35-26-11-4-3-10-25(26)28(34)30-23-9-5-8-22(17-23)18-32-15-13-31(2)14-16-32/h3-12,17,19H,13-16,18,20H2,1-2H3,(H,30,34). The highest BCUT2D eigenvalue weighted by atomic mass is 16.5. The number of aromatic nitrogens is 2. The van der Waals surface area contributed by atoms with Crippen LogP contribution in [0.4, 0.5) is 5.69 Å². The lowest BCUT2D eigenvalue weighted by molar-refractivity contribution is 0.102. The first kappa shape index (κ1) is 23.1. The van der Waals surface area contributed by atoms with E-state index in [1.165, 1.54) is 5.56 Å². The molecule has 0 spiro atoms. The van der Waals surface area contributed by atoms with Gasteiger partial charge in [-0.05, 0) is 55.4 Å². The maximum Gasteiger partial charge on any atom is 0.259 e. The first-order valence-electron chi connectivity index (χ1n) is 12.0. The molecule has 1 fully saturated rings. The number of amides is 1. The van der Waals surface area contributed by atoms with Gasteiger partial charge in [0.25, 0.3) is 5.91 Å². The van der Waals surface area contributed by atoms with Crippen LogP contribution in [0.1, 0.15) is 27.2 Å². The van der Waals surface area contributed by atoms with Crippen LogP contribution in [0, 0.1) is 6.92 Å². The van der Waals surface area contributed by atoms with Crippen LogP contribution in [-0.4, -0.2) is 58.3 Å². The third-order valence-corrected chi connectivity index (χ3v) is 6.42. The molecule has 0 atom stereocenters. The van der Waals surface area contributed by atoms with E-state index < -0.39 is 0 Å². The fraction of sp³-hybridized carbons (Fsp3) is 0.286. The summed E-state index contributed by atoms with van der Waals surface area (Å²) in [5, 5.41) is 3.05. The van der Waals surface area contributed by atoms with Gasteiger partial charge >= 0.3 is 0 Å². The number of nitrogens with zero attached hydrogens (tertiary/aromatic N) is 4. The molecule has 35 heavy (non-hydrogen) atoms. The van der Waals surface area contributed by atoms with E-state index in [9.17, 15) is 4.79 Å². The van der Waals surface area contributed by atoms with Crippen LogP contribution >= 0.6 is 0 Å². The van der Waals surface area contributed by atoms with Crippen molar-refractivity contribution in [3.63, 3.8) is 0 Å². The van der Waals surface area contributed by atoms with Gasteiger partial charge in [-0.25, -0.2) is 4.98 Å². The van der Waals surface area contributed by atoms with Gasteiger partial charge in [-0.3, -0.25) is 9.69 Å². The van der Waals surface area contributed by atoms with Crippen molar-refractivity contribution in [1.82, 2.24) is 19.2 Å². The van der Waals surface area contributed by atoms with Crippen LogP contribution in [0.5, 0.6) is 5.75 Å². The fourth-order valence-electron chi connectivity index (χ4n) is 4.42. The number of anilines is 1. The van der Waals surface area contributed by atoms with Crippen molar-refractivity contribution in [2.75, 3.05) is 38.5 Å². The third kappa shape index (κ3) is 5.53. The normalized spacial score (nSPS) is 14.8. The summed E-state index contributed by atoms with van der Waals surface area (Å²) in [6, 6.07) is 19.4. The second kappa shape index (κ2) is 10.3. The first-order valence-corrected chi connectivity index (χ1v) is 12.0. The summed E-state index contributed by atoms with van der Waals surface area (Å²) < 4.78 is 8.02. The minimum atomic E-state index is -0.191. The number of benzene rings is 2. The number of piperazine rings is 1. The SMILES string of the molecule is Cc1cccn2cc(COc3ccccc3C(=O)Nc3cccc(CN4CCN(C)CC4)c3)nc12. The Balaban J connectivity index is 1.25. The zero-order valence-corrected chi connectivity index (χ0v) is 20.3. The van der Waals surface area contributed by atoms with Crippen molar-refractivity contribution in [2.24, 2.45) is 0 Å². The molecule has 0 radical (unpaired) electrons. The van der Waals surface area contributed by atoms with Crippen LogP contribution in [0.25, 0.3) is 5.65 Å². The summed E-state index contributed by atoms with van der Waals surface area (Å²) in [6.07, 6.45) is 3.93. The summed E-state index contributed by atoms with van der Waals surface area (Å²) in [4.78, 5) is 22.6. The molecule has 0 saturated carbocycles. The van der Waals surface area contributed by atoms with E-state index in [-0.39, 0.29) is 12.5 Å². The van der Waals surface area contributed by atoms with Crippen molar-refractivity contribution in [3.05, 3.63) is 95.4 Å². The highest BCUT2D eigenvalue weighted by molar-refractivity contribution is 6.06. The predicted octanol–water partition coefficient (Wildman–Crippen LogP) is 4.22. The number of nitrogens with one attached hydrogen (secondary N) is 1. The maximum absolute atomic E-state index is 13.1. The van der Waals surface area contributed by atoms with Gasteiger partial charge in [0, 0.05) is 50.8 Å². The van der Waals surface area contributed by atoms with Gasteiger partial charge in [0.05, 0.1) is 11.3 Å². The minimum Gasteiger partial charge on any atom is -0.486 e. The van der Waals surface area contributed by atoms with Gasteiger partial charge in [-0.15, -0.1) is 0 Å². The monoisotopic (exact) mass is 469 g/mol. The molecule has 1 aliphatic heterocycles. The largest absolute Gasteiger partial charge is 0.486 e. The molecule has 7 heteroatoms. The summed E-state index contributed by atoms with van der Waals surface area (Å²) in [5.41, 5.74) is 5.30. The van der Waals surface area contributed by atoms with E-state index in [1.807, 2.05) is 66.2 Å². The Bertz CT molecular complexity index is 1320. The Morgan fingerprint density at radius 1 is 1.03 bits per heavy atom. The van der Waals surface area contributed by atoms with E-state index in [0.717, 1.165) is 55.3 Å². The predicted molar refractivity (Wildman–Crippen MR) is 138 cm³/mol. The number of para-hydroxylation sites is 1. The molecule has 4 aromatic rings. The summed E-state index contributed by atoms with van der Waals surface area (Å²) in [7, 11) is 2.16. The molecule has 1 N–H and O–H groups in total. The molecular formula is C28H31N5O2. The number of pyridine rings is 1. The van der Waals surface area contributed by atoms with Gasteiger partial charge in [0.1, 0.15) is 18.0 Å². The van der Waals surface area contributed by atoms with Gasteiger partial charge in [-0.2, -0.15) is 0 Å². The fourth-order valence-corrected chi connectivity index (χ4v) is 4.42. The number of aryl methyl sites for hydroxylation is 1. The Hall–Kier alpha value is -3.68. The molecule has 3 heterocycles. The number of rotatable bonds is 7. The van der Waals surface area contributed by atoms with Crippen molar-refractivity contribution in [2.45, 2.75) is 20.1 Å². The molecule has 7 nitrogen and oxygen atoms in total. The molecule has 180 valence electrons. The first-order chi connectivity index (χ1) is 17.0. The Kier molecular flexibility index (Phi) is 6.79. The molecule has 2 aromatic carbocycles. The van der Waals surface area contributed by atoms with E-state index in [1.54, 1.807) is 6.07 Å². The molecule has 0 bridgehead atoms. The van der Waals surface area contributed by atoms with Gasteiger partial charge in [0.2, 0.25) is 0 Å². The number of likely N-dealkylation sites (N-methyl/N-ethyl adjacent to an activating group) is 1. The van der Waals surface area contributed by atoms with E-state index in [4.69, 9.17) is 4.74 Å². The lowest BCUT2D eigenvalue weighted by Gasteiger charge is -2.32. The second-order valence-electron chi connectivity index (χ2n) is 9.17. The zero-order valence-electron chi connectivity index (χ0n) is 20.3. The van der Waals surface area contributed by atoms with Gasteiger partial charge in [-0.1, -0.05) is 30.3 Å². The maximum atomic E-state index is 13.1. The van der Waals surface area contributed by atoms with Crippen molar-refractivity contribution in [1.29, 1.82) is 0 Å². The number of hydrogen-bond donors (Lipinski definition) is 1. The highest BCUT2D eigenvalue weighted by Crippen LogP contribution is 2.22. The van der Waals surface area contributed by atoms with Crippen LogP contribution in [-0.2, 0) is 13.2 Å². The average molecular weight is 470 g/mol. The Morgan fingerprint density at radius 3 is 2.69 bits per heavy atom. The second-order valence-corrected chi connectivity index (χ2v) is 9.17. The Labute approximate surface area is 206 Å². The number of ether oxygens (including phenoxy) is 1. The smallest absolute Gasteiger partial charge is 0.259 e. The van der Waals surface area contributed by atoms with Crippen LogP contribution < -0.4 is 10.1 Å². The average Bonchev–Trinajstić information content (AvgIpc) is 3.29. The quantitative estimate of drug-likeness (QED) is 0.439. The van der Waals surface area contributed by atoms with Crippen molar-refractivity contribution >= 4 is 17.2 Å². The number of fused-ring (bicyclic) bond motifs is 1. The molecule has 1 aliphatic rings. The van der Waals surface area contributed by atoms with Crippen molar-refractivity contribution < 1.29 is 9.53 Å².